The lowest BCUT2D eigenvalue weighted by atomic mass is 10.0. The molecule has 0 aromatic carbocycles. The molecule has 9 heteroatoms. The molecule has 0 saturated carbocycles. The van der Waals surface area contributed by atoms with Crippen LogP contribution in [0.4, 0.5) is 5.13 Å². The zero-order chi connectivity index (χ0) is 20.1. The van der Waals surface area contributed by atoms with Gasteiger partial charge in [0.15, 0.2) is 5.13 Å². The van der Waals surface area contributed by atoms with Crippen LogP contribution < -0.4 is 10.6 Å². The lowest BCUT2D eigenvalue weighted by Crippen LogP contribution is -2.44. The number of nitrogens with zero attached hydrogens (tertiary/aromatic N) is 3. The largest absolute Gasteiger partial charge is 0.339 e. The van der Waals surface area contributed by atoms with Crippen LogP contribution in [0.15, 0.2) is 36.0 Å². The molecule has 0 aliphatic heterocycles. The maximum absolute atomic E-state index is 12.9. The monoisotopic (exact) mass is 415 g/mol. The summed E-state index contributed by atoms with van der Waals surface area (Å²) < 4.78 is 0. The second-order valence-corrected chi connectivity index (χ2v) is 8.52. The third-order valence-corrected chi connectivity index (χ3v) is 5.75. The standard InChI is InChI=1S/C19H21N5O2S2/c1-11(2)10-14(16(25)24-19-21-8-9-27-19)23-17(26)15-12(3)22-18(28-15)13-6-4-5-7-20-13/h4-9,11,14H,10H2,1-3H3,(H,23,26)(H,21,24,25)/t14-/m1/s1. The van der Waals surface area contributed by atoms with E-state index in [0.29, 0.717) is 27.1 Å². The van der Waals surface area contributed by atoms with E-state index in [0.717, 1.165) is 5.69 Å². The summed E-state index contributed by atoms with van der Waals surface area (Å²) in [4.78, 5) is 38.8. The molecule has 2 N–H and O–H groups in total. The summed E-state index contributed by atoms with van der Waals surface area (Å²) in [6.45, 7) is 5.80. The Morgan fingerprint density at radius 3 is 2.64 bits per heavy atom. The van der Waals surface area contributed by atoms with Crippen LogP contribution in [0, 0.1) is 12.8 Å². The molecule has 0 aliphatic carbocycles. The molecule has 3 aromatic heterocycles. The quantitative estimate of drug-likeness (QED) is 0.612. The Morgan fingerprint density at radius 1 is 1.18 bits per heavy atom. The Hall–Kier alpha value is -2.65. The van der Waals surface area contributed by atoms with Gasteiger partial charge in [-0.2, -0.15) is 0 Å². The van der Waals surface area contributed by atoms with Gasteiger partial charge in [-0.05, 0) is 31.4 Å². The molecule has 0 radical (unpaired) electrons. The average molecular weight is 416 g/mol. The van der Waals surface area contributed by atoms with Gasteiger partial charge in [0.1, 0.15) is 15.9 Å². The zero-order valence-corrected chi connectivity index (χ0v) is 17.4. The highest BCUT2D eigenvalue weighted by atomic mass is 32.1. The molecule has 2 amide bonds. The number of aryl methyl sites for hydroxylation is 1. The number of thiazole rings is 2. The summed E-state index contributed by atoms with van der Waals surface area (Å²) in [5.74, 6) is -0.347. The molecule has 0 fully saturated rings. The molecule has 1 atom stereocenters. The number of hydrogen-bond donors (Lipinski definition) is 2. The fraction of sp³-hybridized carbons (Fsp3) is 0.316. The van der Waals surface area contributed by atoms with Gasteiger partial charge >= 0.3 is 0 Å². The zero-order valence-electron chi connectivity index (χ0n) is 15.8. The first kappa shape index (κ1) is 20.1. The van der Waals surface area contributed by atoms with Crippen molar-refractivity contribution in [1.29, 1.82) is 0 Å². The number of pyridine rings is 1. The van der Waals surface area contributed by atoms with Gasteiger partial charge in [-0.15, -0.1) is 22.7 Å². The van der Waals surface area contributed by atoms with E-state index in [1.807, 2.05) is 32.0 Å². The number of nitrogens with one attached hydrogen (secondary N) is 2. The SMILES string of the molecule is Cc1nc(-c2ccccn2)sc1C(=O)N[C@H](CC(C)C)C(=O)Nc1nccs1. The van der Waals surface area contributed by atoms with Crippen LogP contribution in [0.5, 0.6) is 0 Å². The predicted octanol–water partition coefficient (Wildman–Crippen LogP) is 3.75. The molecule has 3 heterocycles. The molecule has 0 saturated heterocycles. The van der Waals surface area contributed by atoms with E-state index in [4.69, 9.17) is 0 Å². The van der Waals surface area contributed by atoms with Crippen molar-refractivity contribution in [3.8, 4) is 10.7 Å². The summed E-state index contributed by atoms with van der Waals surface area (Å²) >= 11 is 2.61. The van der Waals surface area contributed by atoms with E-state index in [1.54, 1.807) is 24.7 Å². The topological polar surface area (TPSA) is 96.9 Å². The first-order valence-corrected chi connectivity index (χ1v) is 10.5. The van der Waals surface area contributed by atoms with Crippen molar-refractivity contribution in [3.63, 3.8) is 0 Å². The van der Waals surface area contributed by atoms with Gasteiger partial charge in [0, 0.05) is 17.8 Å². The minimum absolute atomic E-state index is 0.235. The number of carbonyl (C=O) groups excluding carboxylic acids is 2. The van der Waals surface area contributed by atoms with Crippen molar-refractivity contribution in [2.24, 2.45) is 5.92 Å². The molecular formula is C19H21N5O2S2. The fourth-order valence-corrected chi connectivity index (χ4v) is 4.09. The van der Waals surface area contributed by atoms with Gasteiger partial charge in [0.2, 0.25) is 5.91 Å². The number of amides is 2. The summed E-state index contributed by atoms with van der Waals surface area (Å²) in [6, 6.07) is 4.90. The molecule has 0 aliphatic rings. The number of rotatable bonds is 7. The summed E-state index contributed by atoms with van der Waals surface area (Å²) in [5.41, 5.74) is 1.33. The van der Waals surface area contributed by atoms with Crippen LogP contribution in [-0.2, 0) is 4.79 Å². The van der Waals surface area contributed by atoms with Crippen molar-refractivity contribution in [3.05, 3.63) is 46.5 Å². The van der Waals surface area contributed by atoms with Crippen LogP contribution in [0.25, 0.3) is 10.7 Å². The Balaban J connectivity index is 1.76. The van der Waals surface area contributed by atoms with Gasteiger partial charge in [-0.25, -0.2) is 9.97 Å². The number of anilines is 1. The third kappa shape index (κ3) is 4.99. The minimum Gasteiger partial charge on any atom is -0.339 e. The molecule has 3 aromatic rings. The number of aromatic nitrogens is 3. The van der Waals surface area contributed by atoms with Crippen molar-refractivity contribution in [1.82, 2.24) is 20.3 Å². The molecular weight excluding hydrogens is 394 g/mol. The molecule has 0 unspecified atom stereocenters. The second-order valence-electron chi connectivity index (χ2n) is 6.63. The highest BCUT2D eigenvalue weighted by Gasteiger charge is 2.25. The first-order chi connectivity index (χ1) is 13.4. The summed E-state index contributed by atoms with van der Waals surface area (Å²) in [6.07, 6.45) is 3.83. The Bertz CT molecular complexity index is 939. The van der Waals surface area contributed by atoms with Gasteiger partial charge in [-0.1, -0.05) is 19.9 Å². The highest BCUT2D eigenvalue weighted by Crippen LogP contribution is 2.26. The number of carbonyl (C=O) groups is 2. The Morgan fingerprint density at radius 2 is 2.00 bits per heavy atom. The van der Waals surface area contributed by atoms with Crippen LogP contribution in [-0.4, -0.2) is 32.8 Å². The average Bonchev–Trinajstić information content (AvgIpc) is 3.31. The molecule has 3 rings (SSSR count). The molecule has 7 nitrogen and oxygen atoms in total. The lowest BCUT2D eigenvalue weighted by Gasteiger charge is -2.19. The maximum atomic E-state index is 12.9. The maximum Gasteiger partial charge on any atom is 0.263 e. The minimum atomic E-state index is -0.656. The van der Waals surface area contributed by atoms with Crippen LogP contribution in [0.2, 0.25) is 0 Å². The van der Waals surface area contributed by atoms with Gasteiger partial charge in [0.25, 0.3) is 5.91 Å². The third-order valence-electron chi connectivity index (χ3n) is 3.88. The van der Waals surface area contributed by atoms with E-state index >= 15 is 0 Å². The van der Waals surface area contributed by atoms with Gasteiger partial charge in [0.05, 0.1) is 11.4 Å². The van der Waals surface area contributed by atoms with E-state index in [1.165, 1.54) is 22.7 Å². The van der Waals surface area contributed by atoms with E-state index in [2.05, 4.69) is 25.6 Å². The van der Waals surface area contributed by atoms with Crippen molar-refractivity contribution >= 4 is 39.6 Å². The van der Waals surface area contributed by atoms with Crippen LogP contribution in [0.3, 0.4) is 0 Å². The van der Waals surface area contributed by atoms with Gasteiger partial charge < -0.3 is 10.6 Å². The molecule has 0 bridgehead atoms. The normalized spacial score (nSPS) is 12.0. The van der Waals surface area contributed by atoms with E-state index < -0.39 is 6.04 Å². The molecule has 146 valence electrons. The Labute approximate surface area is 171 Å². The second kappa shape index (κ2) is 9.03. The summed E-state index contributed by atoms with van der Waals surface area (Å²) in [5, 5.41) is 8.59. The van der Waals surface area contributed by atoms with E-state index in [-0.39, 0.29) is 17.7 Å². The van der Waals surface area contributed by atoms with E-state index in [9.17, 15) is 9.59 Å². The highest BCUT2D eigenvalue weighted by molar-refractivity contribution is 7.17. The molecule has 0 spiro atoms. The Kier molecular flexibility index (Phi) is 6.48. The van der Waals surface area contributed by atoms with Crippen LogP contribution >= 0.6 is 22.7 Å². The lowest BCUT2D eigenvalue weighted by molar-refractivity contribution is -0.118. The van der Waals surface area contributed by atoms with Crippen molar-refractivity contribution < 1.29 is 9.59 Å². The van der Waals surface area contributed by atoms with Crippen molar-refractivity contribution in [2.75, 3.05) is 5.32 Å². The fourth-order valence-electron chi connectivity index (χ4n) is 2.61. The van der Waals surface area contributed by atoms with Crippen molar-refractivity contribution in [2.45, 2.75) is 33.2 Å². The summed E-state index contributed by atoms with van der Waals surface area (Å²) in [7, 11) is 0. The number of hydrogen-bond acceptors (Lipinski definition) is 7. The first-order valence-electron chi connectivity index (χ1n) is 8.84. The van der Waals surface area contributed by atoms with Crippen LogP contribution in [0.1, 0.15) is 35.6 Å². The smallest absolute Gasteiger partial charge is 0.263 e. The predicted molar refractivity (Wildman–Crippen MR) is 112 cm³/mol. The molecule has 28 heavy (non-hydrogen) atoms. The van der Waals surface area contributed by atoms with Gasteiger partial charge in [-0.3, -0.25) is 14.6 Å².